The van der Waals surface area contributed by atoms with Crippen molar-refractivity contribution in [2.45, 2.75) is 5.75 Å². The summed E-state index contributed by atoms with van der Waals surface area (Å²) in [5, 5.41) is 8.55. The van der Waals surface area contributed by atoms with Crippen LogP contribution in [-0.4, -0.2) is 22.6 Å². The van der Waals surface area contributed by atoms with Gasteiger partial charge < -0.3 is 5.32 Å². The zero-order valence-corrected chi connectivity index (χ0v) is 16.5. The Hall–Kier alpha value is -2.35. The lowest BCUT2D eigenvalue weighted by Crippen LogP contribution is -2.16. The van der Waals surface area contributed by atoms with Crippen molar-refractivity contribution in [1.82, 2.24) is 4.98 Å². The zero-order valence-electron chi connectivity index (χ0n) is 14.1. The van der Waals surface area contributed by atoms with Gasteiger partial charge in [-0.25, -0.2) is 4.98 Å². The zero-order chi connectivity index (χ0) is 19.1. The molecule has 0 atom stereocenters. The number of nitrogens with one attached hydrogen (secondary N) is 2. The normalized spacial score (nSPS) is 10.4. The molecule has 0 saturated heterocycles. The Morgan fingerprint density at radius 2 is 1.93 bits per heavy atom. The van der Waals surface area contributed by atoms with E-state index in [0.717, 1.165) is 11.3 Å². The summed E-state index contributed by atoms with van der Waals surface area (Å²) in [6.07, 6.45) is 1.62. The van der Waals surface area contributed by atoms with Crippen LogP contribution >= 0.6 is 34.7 Å². The Morgan fingerprint density at radius 3 is 2.67 bits per heavy atom. The van der Waals surface area contributed by atoms with Crippen molar-refractivity contribution in [1.29, 1.82) is 0 Å². The summed E-state index contributed by atoms with van der Waals surface area (Å²) in [5.41, 5.74) is 2.15. The highest BCUT2D eigenvalue weighted by molar-refractivity contribution is 7.99. The highest BCUT2D eigenvalue weighted by Crippen LogP contribution is 2.17. The molecule has 2 amide bonds. The molecule has 2 aromatic carbocycles. The van der Waals surface area contributed by atoms with E-state index in [9.17, 15) is 9.59 Å². The maximum absolute atomic E-state index is 12.2. The third-order valence-electron chi connectivity index (χ3n) is 3.48. The summed E-state index contributed by atoms with van der Waals surface area (Å²) < 4.78 is 0. The molecule has 2 N–H and O–H groups in total. The quantitative estimate of drug-likeness (QED) is 0.572. The van der Waals surface area contributed by atoms with E-state index >= 15 is 0 Å². The van der Waals surface area contributed by atoms with Crippen LogP contribution in [0.3, 0.4) is 0 Å². The second kappa shape index (κ2) is 9.55. The van der Waals surface area contributed by atoms with E-state index in [-0.39, 0.29) is 11.8 Å². The van der Waals surface area contributed by atoms with Gasteiger partial charge in [0.2, 0.25) is 5.91 Å². The Morgan fingerprint density at radius 1 is 1.11 bits per heavy atom. The van der Waals surface area contributed by atoms with Crippen LogP contribution in [0.15, 0.2) is 60.1 Å². The summed E-state index contributed by atoms with van der Waals surface area (Å²) in [6.45, 7) is 0. The van der Waals surface area contributed by atoms with Gasteiger partial charge in [0.05, 0.1) is 5.75 Å². The molecular weight excluding hydrogens is 402 g/mol. The van der Waals surface area contributed by atoms with E-state index < -0.39 is 0 Å². The van der Waals surface area contributed by atoms with Crippen LogP contribution in [0.4, 0.5) is 10.8 Å². The fourth-order valence-electron chi connectivity index (χ4n) is 2.23. The topological polar surface area (TPSA) is 71.1 Å². The first kappa shape index (κ1) is 19.4. The number of amides is 2. The van der Waals surface area contributed by atoms with Crippen molar-refractivity contribution in [2.75, 3.05) is 16.4 Å². The number of thioether (sulfide) groups is 1. The first-order valence-corrected chi connectivity index (χ1v) is 10.4. The number of anilines is 2. The molecule has 3 aromatic rings. The summed E-state index contributed by atoms with van der Waals surface area (Å²) in [6, 6.07) is 14.4. The summed E-state index contributed by atoms with van der Waals surface area (Å²) in [5.74, 6) is 0.656. The molecule has 0 fully saturated rings. The van der Waals surface area contributed by atoms with Crippen LogP contribution in [0.25, 0.3) is 0 Å². The third kappa shape index (κ3) is 6.09. The number of thiazole rings is 1. The molecule has 0 unspecified atom stereocenters. The molecule has 0 bridgehead atoms. The Labute approximate surface area is 170 Å². The van der Waals surface area contributed by atoms with Gasteiger partial charge in [0.15, 0.2) is 5.13 Å². The second-order valence-corrected chi connectivity index (χ2v) is 7.86. The SMILES string of the molecule is O=C(CSCc1ccc(Cl)cc1)Nc1cccc(C(=O)Nc2nccs2)c1. The average molecular weight is 418 g/mol. The first-order chi connectivity index (χ1) is 13.1. The molecule has 0 aliphatic carbocycles. The van der Waals surface area contributed by atoms with Gasteiger partial charge in [-0.3, -0.25) is 14.9 Å². The van der Waals surface area contributed by atoms with E-state index in [0.29, 0.717) is 27.2 Å². The van der Waals surface area contributed by atoms with Crippen LogP contribution in [-0.2, 0) is 10.5 Å². The molecule has 0 radical (unpaired) electrons. The smallest absolute Gasteiger partial charge is 0.257 e. The Balaban J connectivity index is 1.50. The minimum absolute atomic E-state index is 0.119. The van der Waals surface area contributed by atoms with Gasteiger partial charge in [-0.05, 0) is 35.9 Å². The molecule has 8 heteroatoms. The van der Waals surface area contributed by atoms with E-state index in [4.69, 9.17) is 11.6 Å². The van der Waals surface area contributed by atoms with E-state index in [1.54, 1.807) is 35.8 Å². The van der Waals surface area contributed by atoms with Crippen LogP contribution in [0.5, 0.6) is 0 Å². The maximum atomic E-state index is 12.2. The van der Waals surface area contributed by atoms with Crippen molar-refractivity contribution >= 4 is 57.3 Å². The van der Waals surface area contributed by atoms with Crippen molar-refractivity contribution in [3.63, 3.8) is 0 Å². The van der Waals surface area contributed by atoms with Crippen molar-refractivity contribution in [3.8, 4) is 0 Å². The van der Waals surface area contributed by atoms with Crippen molar-refractivity contribution in [2.24, 2.45) is 0 Å². The van der Waals surface area contributed by atoms with Gasteiger partial charge in [-0.2, -0.15) is 0 Å². The molecule has 27 heavy (non-hydrogen) atoms. The third-order valence-corrected chi connectivity index (χ3v) is 5.42. The highest BCUT2D eigenvalue weighted by Gasteiger charge is 2.09. The largest absolute Gasteiger partial charge is 0.325 e. The lowest BCUT2D eigenvalue weighted by Gasteiger charge is -2.07. The van der Waals surface area contributed by atoms with E-state index in [2.05, 4.69) is 15.6 Å². The Bertz CT molecular complexity index is 915. The first-order valence-electron chi connectivity index (χ1n) is 8.03. The van der Waals surface area contributed by atoms with Crippen LogP contribution in [0.2, 0.25) is 5.02 Å². The van der Waals surface area contributed by atoms with Crippen molar-refractivity contribution in [3.05, 3.63) is 76.3 Å². The molecule has 1 aromatic heterocycles. The van der Waals surface area contributed by atoms with Gasteiger partial charge in [0.25, 0.3) is 5.91 Å². The molecular formula is C19H16ClN3O2S2. The van der Waals surface area contributed by atoms with E-state index in [1.165, 1.54) is 23.1 Å². The number of aromatic nitrogens is 1. The lowest BCUT2D eigenvalue weighted by molar-refractivity contribution is -0.113. The van der Waals surface area contributed by atoms with Gasteiger partial charge in [0.1, 0.15) is 0 Å². The van der Waals surface area contributed by atoms with E-state index in [1.807, 2.05) is 24.3 Å². The molecule has 138 valence electrons. The summed E-state index contributed by atoms with van der Waals surface area (Å²) in [4.78, 5) is 28.4. The van der Waals surface area contributed by atoms with Crippen molar-refractivity contribution < 1.29 is 9.59 Å². The summed E-state index contributed by atoms with van der Waals surface area (Å²) in [7, 11) is 0. The molecule has 0 aliphatic rings. The molecule has 5 nitrogen and oxygen atoms in total. The van der Waals surface area contributed by atoms with Gasteiger partial charge in [0, 0.05) is 33.6 Å². The highest BCUT2D eigenvalue weighted by atomic mass is 35.5. The minimum Gasteiger partial charge on any atom is -0.325 e. The number of nitrogens with zero attached hydrogens (tertiary/aromatic N) is 1. The molecule has 3 rings (SSSR count). The monoisotopic (exact) mass is 417 g/mol. The fourth-order valence-corrected chi connectivity index (χ4v) is 3.67. The van der Waals surface area contributed by atoms with Gasteiger partial charge >= 0.3 is 0 Å². The maximum Gasteiger partial charge on any atom is 0.257 e. The fraction of sp³-hybridized carbons (Fsp3) is 0.105. The predicted octanol–water partition coefficient (Wildman–Crippen LogP) is 4.92. The minimum atomic E-state index is -0.266. The standard InChI is InChI=1S/C19H16ClN3O2S2/c20-15-6-4-13(5-7-15)11-26-12-17(24)22-16-3-1-2-14(10-16)18(25)23-19-21-8-9-27-19/h1-10H,11-12H2,(H,22,24)(H,21,23,25). The van der Waals surface area contributed by atoms with Crippen LogP contribution < -0.4 is 10.6 Å². The second-order valence-electron chi connectivity index (χ2n) is 5.54. The van der Waals surface area contributed by atoms with Gasteiger partial charge in [-0.1, -0.05) is 29.8 Å². The number of hydrogen-bond acceptors (Lipinski definition) is 5. The molecule has 0 saturated carbocycles. The number of carbonyl (C=O) groups excluding carboxylic acids is 2. The van der Waals surface area contributed by atoms with Crippen LogP contribution in [0, 0.1) is 0 Å². The predicted molar refractivity (Wildman–Crippen MR) is 113 cm³/mol. The number of rotatable bonds is 7. The number of halogens is 1. The number of benzene rings is 2. The average Bonchev–Trinajstić information content (AvgIpc) is 3.16. The Kier molecular flexibility index (Phi) is 6.86. The molecule has 1 heterocycles. The lowest BCUT2D eigenvalue weighted by atomic mass is 10.2. The number of carbonyl (C=O) groups is 2. The van der Waals surface area contributed by atoms with Crippen LogP contribution in [0.1, 0.15) is 15.9 Å². The molecule has 0 spiro atoms. The molecule has 0 aliphatic heterocycles. The summed E-state index contributed by atoms with van der Waals surface area (Å²) >= 11 is 8.72. The van der Waals surface area contributed by atoms with Gasteiger partial charge in [-0.15, -0.1) is 23.1 Å². The number of hydrogen-bond donors (Lipinski definition) is 2.